The van der Waals surface area contributed by atoms with Crippen molar-refractivity contribution < 1.29 is 8.78 Å². The molecule has 1 atom stereocenters. The number of rotatable bonds is 3. The molecule has 2 heterocycles. The number of aromatic nitrogens is 4. The molecule has 3 rings (SSSR count). The fourth-order valence-electron chi connectivity index (χ4n) is 2.21. The summed E-state index contributed by atoms with van der Waals surface area (Å²) in [5, 5.41) is -0.443. The van der Waals surface area contributed by atoms with Crippen molar-refractivity contribution in [1.82, 2.24) is 19.5 Å². The van der Waals surface area contributed by atoms with Gasteiger partial charge in [0.25, 0.3) is 0 Å². The van der Waals surface area contributed by atoms with Gasteiger partial charge in [-0.25, -0.2) is 23.7 Å². The fourth-order valence-corrected chi connectivity index (χ4v) is 2.38. The Morgan fingerprint density at radius 1 is 1.29 bits per heavy atom. The van der Waals surface area contributed by atoms with Gasteiger partial charge in [0.05, 0.1) is 23.1 Å². The van der Waals surface area contributed by atoms with Crippen LogP contribution in [0.3, 0.4) is 0 Å². The fraction of sp³-hybridized carbons (Fsp3) is 0.214. The van der Waals surface area contributed by atoms with E-state index in [-0.39, 0.29) is 12.1 Å². The summed E-state index contributed by atoms with van der Waals surface area (Å²) in [6, 6.07) is 4.20. The van der Waals surface area contributed by atoms with Gasteiger partial charge in [-0.1, -0.05) is 0 Å². The van der Waals surface area contributed by atoms with Crippen molar-refractivity contribution >= 4 is 22.6 Å². The Labute approximate surface area is 124 Å². The summed E-state index contributed by atoms with van der Waals surface area (Å²) in [7, 11) is 0. The van der Waals surface area contributed by atoms with Gasteiger partial charge in [0.15, 0.2) is 11.6 Å². The lowest BCUT2D eigenvalue weighted by atomic mass is 10.3. The van der Waals surface area contributed by atoms with E-state index in [0.29, 0.717) is 17.0 Å². The molecule has 4 nitrogen and oxygen atoms in total. The Balaban J connectivity index is 2.22. The smallest absolute Gasteiger partial charge is 0.184 e. The highest BCUT2D eigenvalue weighted by Gasteiger charge is 2.20. The van der Waals surface area contributed by atoms with E-state index < -0.39 is 17.0 Å². The quantitative estimate of drug-likeness (QED) is 0.696. The molecule has 0 N–H and O–H groups in total. The molecule has 1 aromatic carbocycles. The van der Waals surface area contributed by atoms with Crippen LogP contribution >= 0.6 is 11.6 Å². The molecule has 2 aromatic heterocycles. The van der Waals surface area contributed by atoms with Crippen molar-refractivity contribution in [2.24, 2.45) is 0 Å². The van der Waals surface area contributed by atoms with Crippen molar-refractivity contribution in [2.75, 3.05) is 0 Å². The van der Waals surface area contributed by atoms with Crippen LogP contribution in [-0.2, 0) is 6.54 Å². The number of hydrogen-bond acceptors (Lipinski definition) is 3. The number of alkyl halides is 1. The number of fused-ring (bicyclic) bond motifs is 1. The lowest BCUT2D eigenvalue weighted by Crippen LogP contribution is -2.08. The van der Waals surface area contributed by atoms with Gasteiger partial charge in [0.2, 0.25) is 0 Å². The van der Waals surface area contributed by atoms with Crippen LogP contribution in [0.5, 0.6) is 0 Å². The lowest BCUT2D eigenvalue weighted by molar-refractivity contribution is 0.511. The molecule has 108 valence electrons. The lowest BCUT2D eigenvalue weighted by Gasteiger charge is -2.10. The summed E-state index contributed by atoms with van der Waals surface area (Å²) in [6.07, 6.45) is 2.98. The zero-order chi connectivity index (χ0) is 15.0. The normalized spacial score (nSPS) is 12.8. The van der Waals surface area contributed by atoms with Gasteiger partial charge in [0.1, 0.15) is 17.7 Å². The maximum Gasteiger partial charge on any atom is 0.184 e. The van der Waals surface area contributed by atoms with E-state index in [9.17, 15) is 8.78 Å². The van der Waals surface area contributed by atoms with Gasteiger partial charge in [-0.2, -0.15) is 0 Å². The molecule has 21 heavy (non-hydrogen) atoms. The van der Waals surface area contributed by atoms with Crippen LogP contribution in [0.1, 0.15) is 23.8 Å². The number of nitrogens with zero attached hydrogens (tertiary/aromatic N) is 4. The molecule has 0 saturated heterocycles. The second-order valence-electron chi connectivity index (χ2n) is 4.60. The van der Waals surface area contributed by atoms with Gasteiger partial charge < -0.3 is 4.57 Å². The minimum atomic E-state index is -0.933. The predicted octanol–water partition coefficient (Wildman–Crippen LogP) is 3.45. The Bertz CT molecular complexity index is 787. The molecule has 0 saturated carbocycles. The molecular weight excluding hydrogens is 298 g/mol. The highest BCUT2D eigenvalue weighted by molar-refractivity contribution is 6.20. The van der Waals surface area contributed by atoms with Crippen LogP contribution < -0.4 is 0 Å². The molecule has 0 radical (unpaired) electrons. The average molecular weight is 309 g/mol. The first-order chi connectivity index (χ1) is 10.1. The molecule has 3 aromatic rings. The van der Waals surface area contributed by atoms with Crippen LogP contribution in [0.15, 0.2) is 30.7 Å². The summed E-state index contributed by atoms with van der Waals surface area (Å²) in [6.45, 7) is 1.97. The molecule has 0 spiro atoms. The van der Waals surface area contributed by atoms with Gasteiger partial charge >= 0.3 is 0 Å². The van der Waals surface area contributed by atoms with Crippen LogP contribution in [0, 0.1) is 11.6 Å². The first kappa shape index (κ1) is 13.9. The van der Waals surface area contributed by atoms with E-state index in [2.05, 4.69) is 15.0 Å². The minimum Gasteiger partial charge on any atom is -0.318 e. The zero-order valence-electron chi connectivity index (χ0n) is 11.1. The SMILES string of the molecule is CC(Cl)c1nc2ccc(F)c(F)c2n1Cc1ccncn1. The van der Waals surface area contributed by atoms with Crippen LogP contribution in [0.25, 0.3) is 11.0 Å². The van der Waals surface area contributed by atoms with Gasteiger partial charge in [-0.15, -0.1) is 11.6 Å². The van der Waals surface area contributed by atoms with Crippen molar-refractivity contribution in [3.8, 4) is 0 Å². The first-order valence-electron chi connectivity index (χ1n) is 6.31. The van der Waals surface area contributed by atoms with Crippen molar-refractivity contribution in [1.29, 1.82) is 0 Å². The number of halogens is 3. The Morgan fingerprint density at radius 2 is 2.10 bits per heavy atom. The van der Waals surface area contributed by atoms with Crippen LogP contribution in [0.4, 0.5) is 8.78 Å². The van der Waals surface area contributed by atoms with Gasteiger partial charge in [-0.3, -0.25) is 0 Å². The average Bonchev–Trinajstić information content (AvgIpc) is 2.84. The largest absolute Gasteiger partial charge is 0.318 e. The molecule has 0 aliphatic rings. The van der Waals surface area contributed by atoms with E-state index in [1.165, 1.54) is 12.4 Å². The molecule has 7 heteroatoms. The van der Waals surface area contributed by atoms with E-state index >= 15 is 0 Å². The maximum atomic E-state index is 14.1. The molecule has 0 aliphatic heterocycles. The van der Waals surface area contributed by atoms with Crippen LogP contribution in [0.2, 0.25) is 0 Å². The Morgan fingerprint density at radius 3 is 2.76 bits per heavy atom. The van der Waals surface area contributed by atoms with Gasteiger partial charge in [-0.05, 0) is 25.1 Å². The maximum absolute atomic E-state index is 14.1. The minimum absolute atomic E-state index is 0.0936. The molecule has 0 aliphatic carbocycles. The monoisotopic (exact) mass is 308 g/mol. The number of imidazole rings is 1. The standard InChI is InChI=1S/C14H11ClF2N4/c1-8(15)14-20-11-3-2-10(16)12(17)13(11)21(14)6-9-4-5-18-7-19-9/h2-5,7-8H,6H2,1H3. The van der Waals surface area contributed by atoms with Crippen molar-refractivity contribution in [3.63, 3.8) is 0 Å². The number of hydrogen-bond donors (Lipinski definition) is 0. The predicted molar refractivity (Wildman–Crippen MR) is 75.1 cm³/mol. The zero-order valence-corrected chi connectivity index (χ0v) is 11.8. The highest BCUT2D eigenvalue weighted by Crippen LogP contribution is 2.28. The molecule has 0 amide bonds. The Kier molecular flexibility index (Phi) is 3.55. The Hall–Kier alpha value is -2.08. The number of benzene rings is 1. The van der Waals surface area contributed by atoms with Crippen LogP contribution in [-0.4, -0.2) is 19.5 Å². The van der Waals surface area contributed by atoms with Crippen molar-refractivity contribution in [3.05, 3.63) is 53.9 Å². The van der Waals surface area contributed by atoms with E-state index in [4.69, 9.17) is 11.6 Å². The third-order valence-electron chi connectivity index (χ3n) is 3.15. The van der Waals surface area contributed by atoms with E-state index in [1.54, 1.807) is 23.8 Å². The topological polar surface area (TPSA) is 43.6 Å². The molecule has 1 unspecified atom stereocenters. The third-order valence-corrected chi connectivity index (χ3v) is 3.34. The summed E-state index contributed by atoms with van der Waals surface area (Å²) in [5.74, 6) is -1.38. The van der Waals surface area contributed by atoms with Gasteiger partial charge in [0, 0.05) is 6.20 Å². The van der Waals surface area contributed by atoms with E-state index in [1.807, 2.05) is 0 Å². The molecular formula is C14H11ClF2N4. The highest BCUT2D eigenvalue weighted by atomic mass is 35.5. The van der Waals surface area contributed by atoms with E-state index in [0.717, 1.165) is 6.07 Å². The summed E-state index contributed by atoms with van der Waals surface area (Å²) < 4.78 is 29.2. The second-order valence-corrected chi connectivity index (χ2v) is 5.26. The van der Waals surface area contributed by atoms with Crippen molar-refractivity contribution in [2.45, 2.75) is 18.8 Å². The molecule has 0 bridgehead atoms. The second kappa shape index (κ2) is 5.37. The molecule has 0 fully saturated rings. The summed E-state index contributed by atoms with van der Waals surface area (Å²) in [4.78, 5) is 12.2. The summed E-state index contributed by atoms with van der Waals surface area (Å²) >= 11 is 6.11. The first-order valence-corrected chi connectivity index (χ1v) is 6.74. The third kappa shape index (κ3) is 2.47. The summed E-state index contributed by atoms with van der Waals surface area (Å²) in [5.41, 5.74) is 1.12.